The number of nitrogens with zero attached hydrogens (tertiary/aromatic N) is 4. The predicted molar refractivity (Wildman–Crippen MR) is 117 cm³/mol. The minimum absolute atomic E-state index is 0.115. The summed E-state index contributed by atoms with van der Waals surface area (Å²) in [6, 6.07) is 9.06. The van der Waals surface area contributed by atoms with Crippen LogP contribution in [0.4, 0.5) is 4.39 Å². The Balaban J connectivity index is 1.39. The van der Waals surface area contributed by atoms with E-state index in [4.69, 9.17) is 0 Å². The molecule has 0 bridgehead atoms. The molecule has 3 heterocycles. The summed E-state index contributed by atoms with van der Waals surface area (Å²) in [6.07, 6.45) is 6.27. The molecule has 0 N–H and O–H groups in total. The Labute approximate surface area is 186 Å². The molecule has 2 amide bonds. The van der Waals surface area contributed by atoms with E-state index in [1.54, 1.807) is 17.0 Å². The molecule has 2 aromatic rings. The molecule has 1 aromatic heterocycles. The monoisotopic (exact) mass is 438 g/mol. The third-order valence-corrected chi connectivity index (χ3v) is 6.37. The van der Waals surface area contributed by atoms with Crippen molar-refractivity contribution in [1.29, 1.82) is 0 Å². The molecule has 0 radical (unpaired) electrons. The van der Waals surface area contributed by atoms with Gasteiger partial charge in [0.05, 0.1) is 0 Å². The number of carbonyl (C=O) groups is 2. The minimum atomic E-state index is -0.289. The summed E-state index contributed by atoms with van der Waals surface area (Å²) in [4.78, 5) is 41.2. The molecule has 0 unspecified atom stereocenters. The summed E-state index contributed by atoms with van der Waals surface area (Å²) >= 11 is 0. The zero-order chi connectivity index (χ0) is 22.7. The smallest absolute Gasteiger partial charge is 0.274 e. The molecule has 1 aromatic carbocycles. The topological polar surface area (TPSA) is 75.5 Å². The number of aryl methyl sites for hydroxylation is 1. The zero-order valence-electron chi connectivity index (χ0n) is 18.1. The summed E-state index contributed by atoms with van der Waals surface area (Å²) in [5, 5.41) is 4.06. The molecule has 2 aliphatic rings. The Morgan fingerprint density at radius 3 is 2.47 bits per heavy atom. The fourth-order valence-electron chi connectivity index (χ4n) is 4.50. The quantitative estimate of drug-likeness (QED) is 0.687. The van der Waals surface area contributed by atoms with Crippen LogP contribution in [0.2, 0.25) is 0 Å². The number of allylic oxidation sites excluding steroid dienone is 1. The van der Waals surface area contributed by atoms with Gasteiger partial charge in [-0.2, -0.15) is 5.10 Å². The van der Waals surface area contributed by atoms with E-state index in [-0.39, 0.29) is 40.7 Å². The Morgan fingerprint density at radius 2 is 1.78 bits per heavy atom. The third-order valence-electron chi connectivity index (χ3n) is 6.37. The highest BCUT2D eigenvalue weighted by Crippen LogP contribution is 2.31. The first-order valence-electron chi connectivity index (χ1n) is 10.9. The fourth-order valence-corrected chi connectivity index (χ4v) is 4.50. The number of hydrogen-bond donors (Lipinski definition) is 0. The highest BCUT2D eigenvalue weighted by atomic mass is 19.1. The van der Waals surface area contributed by atoms with E-state index in [1.165, 1.54) is 31.3 Å². The molecule has 1 saturated heterocycles. The zero-order valence-corrected chi connectivity index (χ0v) is 18.1. The number of piperidine rings is 1. The van der Waals surface area contributed by atoms with Crippen LogP contribution >= 0.6 is 0 Å². The Hall–Kier alpha value is -3.29. The second-order valence-electron chi connectivity index (χ2n) is 8.47. The van der Waals surface area contributed by atoms with Crippen LogP contribution in [0.25, 0.3) is 0 Å². The first-order valence-corrected chi connectivity index (χ1v) is 10.9. The molecule has 168 valence electrons. The lowest BCUT2D eigenvalue weighted by molar-refractivity contribution is -0.137. The van der Waals surface area contributed by atoms with Gasteiger partial charge in [0.2, 0.25) is 5.91 Å². The maximum atomic E-state index is 13.3. The van der Waals surface area contributed by atoms with Gasteiger partial charge in [-0.05, 0) is 48.9 Å². The van der Waals surface area contributed by atoms with Crippen molar-refractivity contribution in [3.8, 4) is 0 Å². The molecule has 1 fully saturated rings. The van der Waals surface area contributed by atoms with Gasteiger partial charge in [-0.1, -0.05) is 24.3 Å². The summed E-state index contributed by atoms with van der Waals surface area (Å²) in [6.45, 7) is 2.11. The summed E-state index contributed by atoms with van der Waals surface area (Å²) in [5.41, 5.74) is 0.897. The van der Waals surface area contributed by atoms with Crippen LogP contribution in [0.5, 0.6) is 0 Å². The molecule has 32 heavy (non-hydrogen) atoms. The average molecular weight is 439 g/mol. The van der Waals surface area contributed by atoms with E-state index in [0.717, 1.165) is 23.1 Å². The Kier molecular flexibility index (Phi) is 6.48. The number of carbonyl (C=O) groups excluding carboxylic acids is 2. The molecule has 7 nitrogen and oxygen atoms in total. The van der Waals surface area contributed by atoms with Crippen LogP contribution in [0.15, 0.2) is 53.3 Å². The van der Waals surface area contributed by atoms with Crippen LogP contribution in [0.3, 0.4) is 0 Å². The average Bonchev–Trinajstić information content (AvgIpc) is 2.98. The van der Waals surface area contributed by atoms with Crippen molar-refractivity contribution in [3.05, 3.63) is 76.0 Å². The molecular weight excluding hydrogens is 411 g/mol. The van der Waals surface area contributed by atoms with Gasteiger partial charge in [-0.15, -0.1) is 0 Å². The van der Waals surface area contributed by atoms with E-state index in [9.17, 15) is 18.8 Å². The van der Waals surface area contributed by atoms with Crippen molar-refractivity contribution < 1.29 is 14.0 Å². The summed E-state index contributed by atoms with van der Waals surface area (Å²) in [7, 11) is 1.52. The van der Waals surface area contributed by atoms with Crippen LogP contribution in [-0.4, -0.2) is 51.0 Å². The first-order chi connectivity index (χ1) is 15.4. The van der Waals surface area contributed by atoms with Crippen LogP contribution in [0, 0.1) is 17.7 Å². The molecule has 0 saturated carbocycles. The molecule has 4 rings (SSSR count). The number of halogens is 1. The molecule has 8 heteroatoms. The van der Waals surface area contributed by atoms with Gasteiger partial charge in [-0.3, -0.25) is 14.4 Å². The third kappa shape index (κ3) is 4.79. The molecule has 2 aliphatic heterocycles. The van der Waals surface area contributed by atoms with Crippen molar-refractivity contribution in [2.24, 2.45) is 18.9 Å². The Bertz CT molecular complexity index is 1070. The van der Waals surface area contributed by atoms with Crippen molar-refractivity contribution in [2.75, 3.05) is 19.6 Å². The Morgan fingerprint density at radius 1 is 1.06 bits per heavy atom. The number of aromatic nitrogens is 2. The van der Waals surface area contributed by atoms with E-state index < -0.39 is 0 Å². The van der Waals surface area contributed by atoms with Crippen molar-refractivity contribution in [3.63, 3.8) is 0 Å². The number of rotatable bonds is 4. The van der Waals surface area contributed by atoms with Crippen molar-refractivity contribution in [1.82, 2.24) is 19.6 Å². The number of benzene rings is 1. The maximum absolute atomic E-state index is 13.3. The van der Waals surface area contributed by atoms with E-state index >= 15 is 0 Å². The van der Waals surface area contributed by atoms with Gasteiger partial charge >= 0.3 is 0 Å². The number of likely N-dealkylation sites (tertiary alicyclic amines) is 1. The van der Waals surface area contributed by atoms with Crippen LogP contribution in [-0.2, 0) is 18.4 Å². The van der Waals surface area contributed by atoms with Crippen LogP contribution < -0.4 is 5.56 Å². The van der Waals surface area contributed by atoms with Gasteiger partial charge in [0.25, 0.3) is 11.5 Å². The second kappa shape index (κ2) is 9.46. The molecule has 0 aliphatic carbocycles. The van der Waals surface area contributed by atoms with Crippen LogP contribution in [0.1, 0.15) is 35.3 Å². The van der Waals surface area contributed by atoms with Gasteiger partial charge in [0, 0.05) is 45.2 Å². The number of hydrogen-bond acceptors (Lipinski definition) is 4. The minimum Gasteiger partial charge on any atom is -0.337 e. The van der Waals surface area contributed by atoms with E-state index in [0.29, 0.717) is 32.6 Å². The van der Waals surface area contributed by atoms with E-state index in [2.05, 4.69) is 11.2 Å². The lowest BCUT2D eigenvalue weighted by Crippen LogP contribution is -2.44. The maximum Gasteiger partial charge on any atom is 0.274 e. The fraction of sp³-hybridized carbons (Fsp3) is 0.417. The lowest BCUT2D eigenvalue weighted by atomic mass is 9.81. The van der Waals surface area contributed by atoms with Crippen molar-refractivity contribution in [2.45, 2.75) is 25.8 Å². The second-order valence-corrected chi connectivity index (χ2v) is 8.47. The van der Waals surface area contributed by atoms with Crippen molar-refractivity contribution >= 4 is 11.8 Å². The largest absolute Gasteiger partial charge is 0.337 e. The number of amides is 2. The van der Waals surface area contributed by atoms with Gasteiger partial charge in [-0.25, -0.2) is 9.07 Å². The van der Waals surface area contributed by atoms with E-state index in [1.807, 2.05) is 11.0 Å². The SMILES string of the molecule is Cn1nc(C(=O)N2CCC([C@@H]3CC=CCN(Cc4ccc(F)cc4)C3=O)CC2)ccc1=O. The molecule has 1 atom stereocenters. The standard InChI is InChI=1S/C24H27FN4O3/c1-27-22(30)10-9-21(26-27)24(32)28-14-11-18(12-15-28)20-4-2-3-13-29(23(20)31)16-17-5-7-19(25)8-6-17/h2-3,5-10,18,20H,4,11-16H2,1H3/t20-/m0/s1. The highest BCUT2D eigenvalue weighted by Gasteiger charge is 2.35. The lowest BCUT2D eigenvalue weighted by Gasteiger charge is -2.36. The van der Waals surface area contributed by atoms with Gasteiger partial charge in [0.15, 0.2) is 0 Å². The summed E-state index contributed by atoms with van der Waals surface area (Å²) in [5.74, 6) is -0.295. The molecule has 0 spiro atoms. The van der Waals surface area contributed by atoms with Gasteiger partial charge in [0.1, 0.15) is 11.5 Å². The molecular formula is C24H27FN4O3. The normalized spacial score (nSPS) is 19.8. The predicted octanol–water partition coefficient (Wildman–Crippen LogP) is 2.38. The summed E-state index contributed by atoms with van der Waals surface area (Å²) < 4.78 is 14.4. The highest BCUT2D eigenvalue weighted by molar-refractivity contribution is 5.92. The van der Waals surface area contributed by atoms with Gasteiger partial charge < -0.3 is 9.80 Å². The first kappa shape index (κ1) is 21.9.